The second-order valence-electron chi connectivity index (χ2n) is 6.27. The van der Waals surface area contributed by atoms with E-state index in [9.17, 15) is 0 Å². The van der Waals surface area contributed by atoms with Gasteiger partial charge in [-0.2, -0.15) is 4.40 Å². The number of para-hydroxylation sites is 1. The van der Waals surface area contributed by atoms with Gasteiger partial charge in [0, 0.05) is 23.4 Å². The zero-order valence-corrected chi connectivity index (χ0v) is 13.6. The van der Waals surface area contributed by atoms with Crippen molar-refractivity contribution in [3.63, 3.8) is 0 Å². The van der Waals surface area contributed by atoms with Crippen molar-refractivity contribution in [3.05, 3.63) is 67.4 Å². The quantitative estimate of drug-likeness (QED) is 0.344. The van der Waals surface area contributed by atoms with Crippen molar-refractivity contribution in [2.45, 2.75) is 0 Å². The molecule has 0 bridgehead atoms. The number of hydrogen-bond donors (Lipinski definition) is 0. The number of aryl methyl sites for hydroxylation is 2. The van der Waals surface area contributed by atoms with Crippen LogP contribution in [0.5, 0.6) is 0 Å². The number of benzene rings is 2. The molecule has 4 nitrogen and oxygen atoms in total. The molecule has 0 atom stereocenters. The lowest BCUT2D eigenvalue weighted by Gasteiger charge is -2.07. The van der Waals surface area contributed by atoms with E-state index in [1.807, 2.05) is 19.6 Å². The number of hydrogen-bond acceptors (Lipinski definition) is 1. The number of rotatable bonds is 1. The number of fused-ring (bicyclic) bond motifs is 6. The van der Waals surface area contributed by atoms with Crippen molar-refractivity contribution in [1.82, 2.24) is 14.0 Å². The third-order valence-corrected chi connectivity index (χ3v) is 4.83. The average Bonchev–Trinajstić information content (AvgIpc) is 3.21. The van der Waals surface area contributed by atoms with Gasteiger partial charge in [-0.15, -0.1) is 0 Å². The highest BCUT2D eigenvalue weighted by atomic mass is 15.1. The molecule has 0 aliphatic carbocycles. The van der Waals surface area contributed by atoms with E-state index in [-0.39, 0.29) is 0 Å². The molecule has 3 aromatic heterocycles. The fraction of sp³-hybridized carbons (Fsp3) is 0.100. The maximum absolute atomic E-state index is 4.25. The monoisotopic (exact) mass is 313 g/mol. The Kier molecular flexibility index (Phi) is 2.59. The van der Waals surface area contributed by atoms with Gasteiger partial charge in [0.15, 0.2) is 0 Å². The Hall–Kier alpha value is -3.14. The van der Waals surface area contributed by atoms with Crippen LogP contribution in [0.4, 0.5) is 0 Å². The number of imidazole rings is 2. The van der Waals surface area contributed by atoms with E-state index in [4.69, 9.17) is 0 Å². The van der Waals surface area contributed by atoms with E-state index in [0.717, 1.165) is 5.69 Å². The minimum absolute atomic E-state index is 1.12. The molecule has 24 heavy (non-hydrogen) atoms. The topological polar surface area (TPSA) is 26.1 Å². The van der Waals surface area contributed by atoms with E-state index >= 15 is 0 Å². The third-order valence-electron chi connectivity index (χ3n) is 4.83. The maximum atomic E-state index is 4.25. The molecule has 0 saturated carbocycles. The molecule has 0 aliphatic heterocycles. The first-order valence-electron chi connectivity index (χ1n) is 8.02. The van der Waals surface area contributed by atoms with Crippen LogP contribution < -0.4 is 4.57 Å². The van der Waals surface area contributed by atoms with Gasteiger partial charge in [-0.25, -0.2) is 9.55 Å². The van der Waals surface area contributed by atoms with Gasteiger partial charge in [-0.1, -0.05) is 30.3 Å². The lowest BCUT2D eigenvalue weighted by atomic mass is 10.0. The van der Waals surface area contributed by atoms with Gasteiger partial charge in [-0.3, -0.25) is 0 Å². The van der Waals surface area contributed by atoms with Gasteiger partial charge >= 0.3 is 0 Å². The van der Waals surface area contributed by atoms with Crippen LogP contribution in [0.15, 0.2) is 67.4 Å². The third kappa shape index (κ3) is 1.68. The Bertz CT molecular complexity index is 1230. The Labute approximate surface area is 139 Å². The highest BCUT2D eigenvalue weighted by Gasteiger charge is 2.17. The lowest BCUT2D eigenvalue weighted by molar-refractivity contribution is -0.643. The van der Waals surface area contributed by atoms with Gasteiger partial charge in [0.25, 0.3) is 5.65 Å². The fourth-order valence-electron chi connectivity index (χ4n) is 3.66. The fourth-order valence-corrected chi connectivity index (χ4v) is 3.66. The Morgan fingerprint density at radius 1 is 1.00 bits per heavy atom. The molecule has 0 spiro atoms. The molecule has 0 saturated heterocycles. The van der Waals surface area contributed by atoms with Crippen molar-refractivity contribution in [3.8, 4) is 11.3 Å². The summed E-state index contributed by atoms with van der Waals surface area (Å²) in [6.45, 7) is 0. The first kappa shape index (κ1) is 13.3. The van der Waals surface area contributed by atoms with Crippen molar-refractivity contribution in [2.24, 2.45) is 14.1 Å². The van der Waals surface area contributed by atoms with Crippen LogP contribution in [0.25, 0.3) is 38.6 Å². The van der Waals surface area contributed by atoms with Crippen LogP contribution in [-0.2, 0) is 14.1 Å². The Morgan fingerprint density at radius 2 is 1.88 bits per heavy atom. The second kappa shape index (κ2) is 4.68. The van der Waals surface area contributed by atoms with Crippen molar-refractivity contribution >= 4 is 27.3 Å². The molecule has 0 fully saturated rings. The number of pyridine rings is 1. The first-order chi connectivity index (χ1) is 11.7. The molecule has 5 rings (SSSR count). The maximum Gasteiger partial charge on any atom is 0.294 e. The van der Waals surface area contributed by atoms with E-state index in [2.05, 4.69) is 80.4 Å². The van der Waals surface area contributed by atoms with Crippen molar-refractivity contribution in [2.75, 3.05) is 0 Å². The molecule has 0 aliphatic rings. The largest absolute Gasteiger partial charge is 0.334 e. The minimum atomic E-state index is 1.12. The summed E-state index contributed by atoms with van der Waals surface area (Å²) in [5, 5.41) is 3.80. The molecule has 116 valence electrons. The molecule has 0 N–H and O–H groups in total. The summed E-state index contributed by atoms with van der Waals surface area (Å²) in [6.07, 6.45) is 8.00. The van der Waals surface area contributed by atoms with Gasteiger partial charge < -0.3 is 4.57 Å². The van der Waals surface area contributed by atoms with Crippen LogP contribution in [-0.4, -0.2) is 14.0 Å². The summed E-state index contributed by atoms with van der Waals surface area (Å²) in [7, 11) is 4.13. The van der Waals surface area contributed by atoms with Gasteiger partial charge in [0.2, 0.25) is 0 Å². The van der Waals surface area contributed by atoms with E-state index < -0.39 is 0 Å². The molecule has 3 heterocycles. The second-order valence-corrected chi connectivity index (χ2v) is 6.27. The van der Waals surface area contributed by atoms with Gasteiger partial charge in [0.05, 0.1) is 30.7 Å². The van der Waals surface area contributed by atoms with Crippen LogP contribution in [0.2, 0.25) is 0 Å². The Balaban J connectivity index is 1.99. The molecule has 4 heteroatoms. The highest BCUT2D eigenvalue weighted by Crippen LogP contribution is 2.31. The smallest absolute Gasteiger partial charge is 0.294 e. The van der Waals surface area contributed by atoms with E-state index in [0.29, 0.717) is 0 Å². The van der Waals surface area contributed by atoms with Crippen LogP contribution in [0, 0.1) is 0 Å². The molecular weight excluding hydrogens is 296 g/mol. The molecule has 2 aromatic carbocycles. The highest BCUT2D eigenvalue weighted by molar-refractivity contribution is 6.11. The van der Waals surface area contributed by atoms with Crippen LogP contribution in [0.1, 0.15) is 0 Å². The first-order valence-corrected chi connectivity index (χ1v) is 8.02. The summed E-state index contributed by atoms with van der Waals surface area (Å²) in [5.74, 6) is 0. The molecule has 0 unspecified atom stereocenters. The van der Waals surface area contributed by atoms with Gasteiger partial charge in [0.1, 0.15) is 17.9 Å². The van der Waals surface area contributed by atoms with Crippen molar-refractivity contribution in [1.29, 1.82) is 0 Å². The zero-order valence-electron chi connectivity index (χ0n) is 13.6. The predicted molar refractivity (Wildman–Crippen MR) is 95.8 cm³/mol. The van der Waals surface area contributed by atoms with Crippen LogP contribution in [0.3, 0.4) is 0 Å². The summed E-state index contributed by atoms with van der Waals surface area (Å²) in [6, 6.07) is 15.3. The summed E-state index contributed by atoms with van der Waals surface area (Å²) >= 11 is 0. The zero-order chi connectivity index (χ0) is 16.3. The number of nitrogens with zero attached hydrogens (tertiary/aromatic N) is 4. The van der Waals surface area contributed by atoms with E-state index in [1.54, 1.807) is 0 Å². The van der Waals surface area contributed by atoms with Crippen molar-refractivity contribution < 1.29 is 4.57 Å². The van der Waals surface area contributed by atoms with Gasteiger partial charge in [-0.05, 0) is 12.1 Å². The SMILES string of the molecule is Cn1cncc1-c1ccc2c3ccccc3n3cc[n+](C)c3c2c1. The summed E-state index contributed by atoms with van der Waals surface area (Å²) in [5.41, 5.74) is 4.74. The standard InChI is InChI=1S/C20H17N4/c1-22-9-10-24-18-6-4-3-5-16(18)15-8-7-14(11-17(15)20(22)24)19-12-21-13-23(19)2/h3-13H,1-2H3/q+1. The average molecular weight is 313 g/mol. The molecule has 0 amide bonds. The summed E-state index contributed by atoms with van der Waals surface area (Å²) < 4.78 is 6.50. The molecular formula is C20H17N4+. The predicted octanol–water partition coefficient (Wildman–Crippen LogP) is 3.47. The van der Waals surface area contributed by atoms with Crippen LogP contribution >= 0.6 is 0 Å². The van der Waals surface area contributed by atoms with E-state index in [1.165, 1.54) is 32.9 Å². The number of aromatic nitrogens is 4. The molecule has 0 radical (unpaired) electrons. The molecule has 5 aromatic rings. The minimum Gasteiger partial charge on any atom is -0.334 e. The summed E-state index contributed by atoms with van der Waals surface area (Å²) in [4.78, 5) is 4.25. The Morgan fingerprint density at radius 3 is 2.71 bits per heavy atom. The lowest BCUT2D eigenvalue weighted by Crippen LogP contribution is -2.25. The normalized spacial score (nSPS) is 11.8.